The Morgan fingerprint density at radius 3 is 2.90 bits per heavy atom. The van der Waals surface area contributed by atoms with Crippen molar-refractivity contribution >= 4 is 17.6 Å². The molecule has 3 rings (SSSR count). The van der Waals surface area contributed by atoms with Gasteiger partial charge in [-0.15, -0.1) is 0 Å². The molecule has 1 heterocycles. The van der Waals surface area contributed by atoms with Crippen LogP contribution in [-0.4, -0.2) is 43.0 Å². The summed E-state index contributed by atoms with van der Waals surface area (Å²) in [6.07, 6.45) is -0.613. The Morgan fingerprint density at radius 1 is 1.31 bits per heavy atom. The van der Waals surface area contributed by atoms with Gasteiger partial charge in [-0.2, -0.15) is 0 Å². The van der Waals surface area contributed by atoms with Crippen molar-refractivity contribution in [3.8, 4) is 11.5 Å². The number of halogens is 1. The summed E-state index contributed by atoms with van der Waals surface area (Å²) in [6.45, 7) is 4.67. The number of fused-ring (bicyclic) bond motifs is 1. The van der Waals surface area contributed by atoms with Crippen LogP contribution in [0.2, 0.25) is 5.02 Å². The molecule has 1 aliphatic heterocycles. The molecular formula is C22H26ClNO5. The summed E-state index contributed by atoms with van der Waals surface area (Å²) in [5.74, 6) is 0.738. The number of nitrogens with one attached hydrogen (secondary N) is 1. The third kappa shape index (κ3) is 5.85. The molecule has 0 aliphatic carbocycles. The Kier molecular flexibility index (Phi) is 7.36. The second-order valence-electron chi connectivity index (χ2n) is 7.03. The van der Waals surface area contributed by atoms with Gasteiger partial charge >= 0.3 is 5.97 Å². The molecule has 0 bridgehead atoms. The number of carbonyl (C=O) groups is 1. The van der Waals surface area contributed by atoms with Crippen molar-refractivity contribution < 1.29 is 24.1 Å². The number of esters is 1. The molecular weight excluding hydrogens is 394 g/mol. The normalized spacial score (nSPS) is 17.4. The lowest BCUT2D eigenvalue weighted by Gasteiger charge is -2.25. The van der Waals surface area contributed by atoms with E-state index in [0.29, 0.717) is 29.7 Å². The molecule has 7 heteroatoms. The van der Waals surface area contributed by atoms with Crippen LogP contribution in [0.3, 0.4) is 0 Å². The van der Waals surface area contributed by atoms with Crippen molar-refractivity contribution in [2.75, 3.05) is 19.8 Å². The monoisotopic (exact) mass is 419 g/mol. The SMILES string of the molecule is CCOC(=O)[C@H]1COc2cc(C[C@@H](C)NCC(O)c3cccc(Cl)c3)ccc2O1. The van der Waals surface area contributed by atoms with Gasteiger partial charge in [0.15, 0.2) is 11.5 Å². The van der Waals surface area contributed by atoms with Gasteiger partial charge in [0.25, 0.3) is 0 Å². The topological polar surface area (TPSA) is 77.0 Å². The summed E-state index contributed by atoms with van der Waals surface area (Å²) < 4.78 is 16.4. The van der Waals surface area contributed by atoms with E-state index in [1.54, 1.807) is 19.1 Å². The summed E-state index contributed by atoms with van der Waals surface area (Å²) in [7, 11) is 0. The highest BCUT2D eigenvalue weighted by Gasteiger charge is 2.28. The molecule has 0 saturated carbocycles. The van der Waals surface area contributed by atoms with E-state index < -0.39 is 18.2 Å². The molecule has 29 heavy (non-hydrogen) atoms. The molecule has 0 saturated heterocycles. The van der Waals surface area contributed by atoms with Crippen LogP contribution < -0.4 is 14.8 Å². The van der Waals surface area contributed by atoms with Crippen molar-refractivity contribution in [1.82, 2.24) is 5.32 Å². The fourth-order valence-corrected chi connectivity index (χ4v) is 3.36. The van der Waals surface area contributed by atoms with Crippen molar-refractivity contribution in [3.63, 3.8) is 0 Å². The van der Waals surface area contributed by atoms with Gasteiger partial charge in [0.2, 0.25) is 6.10 Å². The number of carbonyl (C=O) groups excluding carboxylic acids is 1. The Bertz CT molecular complexity index is 844. The van der Waals surface area contributed by atoms with Crippen molar-refractivity contribution in [2.45, 2.75) is 38.5 Å². The van der Waals surface area contributed by atoms with Crippen molar-refractivity contribution in [1.29, 1.82) is 0 Å². The number of aliphatic hydroxyl groups excluding tert-OH is 1. The van der Waals surface area contributed by atoms with Crippen LogP contribution in [-0.2, 0) is 16.0 Å². The van der Waals surface area contributed by atoms with E-state index in [9.17, 15) is 9.90 Å². The number of hydrogen-bond acceptors (Lipinski definition) is 6. The molecule has 0 amide bonds. The van der Waals surface area contributed by atoms with Crippen LogP contribution in [0.4, 0.5) is 0 Å². The fourth-order valence-electron chi connectivity index (χ4n) is 3.16. The Labute approximate surface area is 175 Å². The van der Waals surface area contributed by atoms with Crippen molar-refractivity contribution in [2.24, 2.45) is 0 Å². The first-order valence-corrected chi connectivity index (χ1v) is 10.1. The van der Waals surface area contributed by atoms with E-state index in [1.807, 2.05) is 30.3 Å². The van der Waals surface area contributed by atoms with Gasteiger partial charge in [0.05, 0.1) is 12.7 Å². The predicted molar refractivity (Wildman–Crippen MR) is 111 cm³/mol. The van der Waals surface area contributed by atoms with Crippen LogP contribution >= 0.6 is 11.6 Å². The zero-order valence-electron chi connectivity index (χ0n) is 16.6. The molecule has 2 aromatic carbocycles. The van der Waals surface area contributed by atoms with Crippen LogP contribution in [0, 0.1) is 0 Å². The maximum atomic E-state index is 11.8. The lowest BCUT2D eigenvalue weighted by Crippen LogP contribution is -2.38. The minimum atomic E-state index is -0.734. The third-order valence-corrected chi connectivity index (χ3v) is 4.89. The Balaban J connectivity index is 1.52. The quantitative estimate of drug-likeness (QED) is 0.639. The first-order valence-electron chi connectivity index (χ1n) is 9.72. The maximum absolute atomic E-state index is 11.8. The molecule has 2 aromatic rings. The highest BCUT2D eigenvalue weighted by atomic mass is 35.5. The molecule has 1 unspecified atom stereocenters. The summed E-state index contributed by atoms with van der Waals surface area (Å²) in [4.78, 5) is 11.8. The van der Waals surface area contributed by atoms with Gasteiger partial charge in [-0.3, -0.25) is 0 Å². The van der Waals surface area contributed by atoms with Gasteiger partial charge in [0.1, 0.15) is 6.61 Å². The van der Waals surface area contributed by atoms with Crippen LogP contribution in [0.1, 0.15) is 31.1 Å². The minimum Gasteiger partial charge on any atom is -0.485 e. The molecule has 3 atom stereocenters. The fraction of sp³-hybridized carbons (Fsp3) is 0.409. The first kappa shape index (κ1) is 21.4. The molecule has 0 fully saturated rings. The number of ether oxygens (including phenoxy) is 3. The molecule has 1 aliphatic rings. The van der Waals surface area contributed by atoms with Crippen LogP contribution in [0.15, 0.2) is 42.5 Å². The average molecular weight is 420 g/mol. The van der Waals surface area contributed by atoms with Gasteiger partial charge < -0.3 is 24.6 Å². The van der Waals surface area contributed by atoms with Gasteiger partial charge in [0, 0.05) is 17.6 Å². The summed E-state index contributed by atoms with van der Waals surface area (Å²) in [5, 5.41) is 14.3. The van der Waals surface area contributed by atoms with Gasteiger partial charge in [-0.1, -0.05) is 29.8 Å². The van der Waals surface area contributed by atoms with E-state index in [2.05, 4.69) is 12.2 Å². The predicted octanol–water partition coefficient (Wildman–Crippen LogP) is 3.30. The molecule has 0 aromatic heterocycles. The largest absolute Gasteiger partial charge is 0.485 e. The van der Waals surface area contributed by atoms with Crippen LogP contribution in [0.5, 0.6) is 11.5 Å². The first-order chi connectivity index (χ1) is 14.0. The van der Waals surface area contributed by atoms with E-state index in [0.717, 1.165) is 17.5 Å². The number of hydrogen-bond donors (Lipinski definition) is 2. The number of rotatable bonds is 8. The second-order valence-corrected chi connectivity index (χ2v) is 7.47. The average Bonchev–Trinajstić information content (AvgIpc) is 2.71. The summed E-state index contributed by atoms with van der Waals surface area (Å²) in [5.41, 5.74) is 1.85. The zero-order valence-corrected chi connectivity index (χ0v) is 17.3. The molecule has 6 nitrogen and oxygen atoms in total. The minimum absolute atomic E-state index is 0.134. The number of aliphatic hydroxyl groups is 1. The Hall–Kier alpha value is -2.28. The van der Waals surface area contributed by atoms with E-state index in [-0.39, 0.29) is 12.6 Å². The standard InChI is InChI=1S/C22H26ClNO5/c1-3-27-22(26)21-13-28-20-10-15(7-8-19(20)29-21)9-14(2)24-12-18(25)16-5-4-6-17(23)11-16/h4-8,10-11,14,18,21,24-25H,3,9,12-13H2,1-2H3/t14-,18?,21-/m1/s1. The molecule has 0 spiro atoms. The highest BCUT2D eigenvalue weighted by Crippen LogP contribution is 2.33. The third-order valence-electron chi connectivity index (χ3n) is 4.65. The van der Waals surface area contributed by atoms with Crippen LogP contribution in [0.25, 0.3) is 0 Å². The highest BCUT2D eigenvalue weighted by molar-refractivity contribution is 6.30. The van der Waals surface area contributed by atoms with Gasteiger partial charge in [-0.05, 0) is 55.7 Å². The smallest absolute Gasteiger partial charge is 0.350 e. The van der Waals surface area contributed by atoms with E-state index in [1.165, 1.54) is 0 Å². The van der Waals surface area contributed by atoms with Crippen molar-refractivity contribution in [3.05, 3.63) is 58.6 Å². The number of benzene rings is 2. The molecule has 0 radical (unpaired) electrons. The lowest BCUT2D eigenvalue weighted by molar-refractivity contribution is -0.153. The summed E-state index contributed by atoms with van der Waals surface area (Å²) in [6, 6.07) is 13.0. The van der Waals surface area contributed by atoms with E-state index >= 15 is 0 Å². The second kappa shape index (κ2) is 9.96. The molecule has 156 valence electrons. The lowest BCUT2D eigenvalue weighted by atomic mass is 10.0. The van der Waals surface area contributed by atoms with E-state index in [4.69, 9.17) is 25.8 Å². The van der Waals surface area contributed by atoms with Gasteiger partial charge in [-0.25, -0.2) is 4.79 Å². The maximum Gasteiger partial charge on any atom is 0.350 e. The summed E-state index contributed by atoms with van der Waals surface area (Å²) >= 11 is 5.98. The molecule has 2 N–H and O–H groups in total. The Morgan fingerprint density at radius 2 is 2.14 bits per heavy atom. The zero-order chi connectivity index (χ0) is 20.8.